The van der Waals surface area contributed by atoms with E-state index in [2.05, 4.69) is 24.4 Å². The van der Waals surface area contributed by atoms with Crippen LogP contribution < -0.4 is 5.32 Å². The zero-order valence-electron chi connectivity index (χ0n) is 11.2. The second-order valence-corrected chi connectivity index (χ2v) is 5.53. The van der Waals surface area contributed by atoms with Crippen molar-refractivity contribution in [1.82, 2.24) is 5.32 Å². The molecule has 2 rings (SSSR count). The van der Waals surface area contributed by atoms with E-state index in [-0.39, 0.29) is 0 Å². The Labute approximate surface area is 115 Å². The van der Waals surface area contributed by atoms with E-state index in [0.29, 0.717) is 12.1 Å². The molecule has 0 bridgehead atoms. The molecule has 0 radical (unpaired) electrons. The van der Waals surface area contributed by atoms with Crippen LogP contribution in [0.15, 0.2) is 24.3 Å². The van der Waals surface area contributed by atoms with Crippen LogP contribution in [0.3, 0.4) is 0 Å². The second kappa shape index (κ2) is 6.55. The fourth-order valence-electron chi connectivity index (χ4n) is 2.25. The van der Waals surface area contributed by atoms with Crippen molar-refractivity contribution in [3.63, 3.8) is 0 Å². The van der Waals surface area contributed by atoms with E-state index in [9.17, 15) is 0 Å². The number of benzene rings is 1. The standard InChI is InChI=1S/C15H22ClNO/c1-3-18-10-11(2)17-15(12-4-5-12)13-6-8-14(16)9-7-13/h6-9,11-12,15,17H,3-5,10H2,1-2H3. The summed E-state index contributed by atoms with van der Waals surface area (Å²) in [5, 5.41) is 4.48. The van der Waals surface area contributed by atoms with Gasteiger partial charge in [0, 0.05) is 23.7 Å². The molecule has 0 aromatic heterocycles. The molecule has 100 valence electrons. The van der Waals surface area contributed by atoms with Crippen LogP contribution in [0.5, 0.6) is 0 Å². The molecule has 1 aliphatic rings. The molecule has 2 atom stereocenters. The van der Waals surface area contributed by atoms with Gasteiger partial charge in [-0.25, -0.2) is 0 Å². The molecule has 1 fully saturated rings. The SMILES string of the molecule is CCOCC(C)NC(c1ccc(Cl)cc1)C1CC1. The highest BCUT2D eigenvalue weighted by atomic mass is 35.5. The summed E-state index contributed by atoms with van der Waals surface area (Å²) in [5.41, 5.74) is 1.34. The van der Waals surface area contributed by atoms with Crippen LogP contribution in [0.1, 0.15) is 38.3 Å². The minimum absolute atomic E-state index is 0.381. The van der Waals surface area contributed by atoms with Gasteiger partial charge >= 0.3 is 0 Å². The maximum absolute atomic E-state index is 5.95. The molecule has 0 spiro atoms. The zero-order valence-corrected chi connectivity index (χ0v) is 11.9. The number of ether oxygens (including phenoxy) is 1. The Morgan fingerprint density at radius 3 is 2.56 bits per heavy atom. The Kier molecular flexibility index (Phi) is 5.04. The van der Waals surface area contributed by atoms with Crippen molar-refractivity contribution < 1.29 is 4.74 Å². The number of hydrogen-bond donors (Lipinski definition) is 1. The normalized spacial score (nSPS) is 18.6. The van der Waals surface area contributed by atoms with E-state index in [0.717, 1.165) is 24.2 Å². The topological polar surface area (TPSA) is 21.3 Å². The predicted octanol–water partition coefficient (Wildman–Crippen LogP) is 3.81. The molecule has 0 saturated heterocycles. The molecule has 1 saturated carbocycles. The molecular formula is C15H22ClNO. The van der Waals surface area contributed by atoms with E-state index < -0.39 is 0 Å². The lowest BCUT2D eigenvalue weighted by molar-refractivity contribution is 0.122. The lowest BCUT2D eigenvalue weighted by Crippen LogP contribution is -2.35. The fraction of sp³-hybridized carbons (Fsp3) is 0.600. The van der Waals surface area contributed by atoms with Gasteiger partial charge in [-0.2, -0.15) is 0 Å². The third-order valence-corrected chi connectivity index (χ3v) is 3.61. The quantitative estimate of drug-likeness (QED) is 0.811. The summed E-state index contributed by atoms with van der Waals surface area (Å²) in [4.78, 5) is 0. The predicted molar refractivity (Wildman–Crippen MR) is 76.0 cm³/mol. The van der Waals surface area contributed by atoms with Crippen molar-refractivity contribution in [3.05, 3.63) is 34.9 Å². The summed E-state index contributed by atoms with van der Waals surface area (Å²) in [6.07, 6.45) is 2.64. The Morgan fingerprint density at radius 1 is 1.33 bits per heavy atom. The van der Waals surface area contributed by atoms with Gasteiger partial charge in [-0.05, 0) is 50.3 Å². The van der Waals surface area contributed by atoms with Gasteiger partial charge in [-0.15, -0.1) is 0 Å². The first-order valence-corrected chi connectivity index (χ1v) is 7.17. The highest BCUT2D eigenvalue weighted by Crippen LogP contribution is 2.41. The van der Waals surface area contributed by atoms with Crippen molar-refractivity contribution in [1.29, 1.82) is 0 Å². The molecule has 18 heavy (non-hydrogen) atoms. The van der Waals surface area contributed by atoms with E-state index in [1.807, 2.05) is 19.1 Å². The maximum Gasteiger partial charge on any atom is 0.0616 e. The van der Waals surface area contributed by atoms with Gasteiger partial charge in [0.15, 0.2) is 0 Å². The molecule has 1 aliphatic carbocycles. The van der Waals surface area contributed by atoms with Crippen molar-refractivity contribution >= 4 is 11.6 Å². The Balaban J connectivity index is 1.97. The first kappa shape index (κ1) is 13.9. The van der Waals surface area contributed by atoms with Crippen molar-refractivity contribution in [2.24, 2.45) is 5.92 Å². The molecular weight excluding hydrogens is 246 g/mol. The molecule has 1 aromatic carbocycles. The molecule has 1 aromatic rings. The number of rotatable bonds is 7. The highest BCUT2D eigenvalue weighted by Gasteiger charge is 2.32. The minimum atomic E-state index is 0.381. The van der Waals surface area contributed by atoms with Crippen molar-refractivity contribution in [3.8, 4) is 0 Å². The number of hydrogen-bond acceptors (Lipinski definition) is 2. The van der Waals surface area contributed by atoms with Crippen molar-refractivity contribution in [2.75, 3.05) is 13.2 Å². The van der Waals surface area contributed by atoms with Gasteiger partial charge in [0.2, 0.25) is 0 Å². The Hall–Kier alpha value is -0.570. The Morgan fingerprint density at radius 2 is 2.00 bits per heavy atom. The maximum atomic E-state index is 5.95. The van der Waals surface area contributed by atoms with Crippen LogP contribution in [-0.4, -0.2) is 19.3 Å². The molecule has 0 heterocycles. The zero-order chi connectivity index (χ0) is 13.0. The monoisotopic (exact) mass is 267 g/mol. The third-order valence-electron chi connectivity index (χ3n) is 3.36. The van der Waals surface area contributed by atoms with Gasteiger partial charge in [0.25, 0.3) is 0 Å². The first-order valence-electron chi connectivity index (χ1n) is 6.80. The number of halogens is 1. The van der Waals surface area contributed by atoms with Crippen LogP contribution in [0, 0.1) is 5.92 Å². The first-order chi connectivity index (χ1) is 8.70. The second-order valence-electron chi connectivity index (χ2n) is 5.09. The molecule has 2 nitrogen and oxygen atoms in total. The number of nitrogens with one attached hydrogen (secondary N) is 1. The van der Waals surface area contributed by atoms with Crippen LogP contribution in [0.25, 0.3) is 0 Å². The molecule has 2 unspecified atom stereocenters. The van der Waals surface area contributed by atoms with Crippen LogP contribution in [-0.2, 0) is 4.74 Å². The van der Waals surface area contributed by atoms with E-state index >= 15 is 0 Å². The summed E-state index contributed by atoms with van der Waals surface area (Å²) in [6, 6.07) is 9.03. The summed E-state index contributed by atoms with van der Waals surface area (Å²) >= 11 is 5.95. The highest BCUT2D eigenvalue weighted by molar-refractivity contribution is 6.30. The van der Waals surface area contributed by atoms with Gasteiger partial charge in [-0.1, -0.05) is 23.7 Å². The molecule has 0 aliphatic heterocycles. The van der Waals surface area contributed by atoms with Crippen LogP contribution in [0.4, 0.5) is 0 Å². The van der Waals surface area contributed by atoms with Gasteiger partial charge in [0.05, 0.1) is 6.61 Å². The van der Waals surface area contributed by atoms with Crippen LogP contribution in [0.2, 0.25) is 5.02 Å². The van der Waals surface area contributed by atoms with Crippen LogP contribution >= 0.6 is 11.6 Å². The Bertz CT molecular complexity index is 361. The largest absolute Gasteiger partial charge is 0.380 e. The van der Waals surface area contributed by atoms with E-state index in [1.54, 1.807) is 0 Å². The summed E-state index contributed by atoms with van der Waals surface area (Å²) < 4.78 is 5.47. The van der Waals surface area contributed by atoms with Crippen molar-refractivity contribution in [2.45, 2.75) is 38.8 Å². The fourth-order valence-corrected chi connectivity index (χ4v) is 2.38. The van der Waals surface area contributed by atoms with E-state index in [1.165, 1.54) is 18.4 Å². The van der Waals surface area contributed by atoms with Gasteiger partial charge in [-0.3, -0.25) is 0 Å². The van der Waals surface area contributed by atoms with Gasteiger partial charge in [0.1, 0.15) is 0 Å². The average Bonchev–Trinajstić information content (AvgIpc) is 3.19. The third kappa shape index (κ3) is 3.98. The summed E-state index contributed by atoms with van der Waals surface area (Å²) in [6.45, 7) is 5.76. The molecule has 1 N–H and O–H groups in total. The van der Waals surface area contributed by atoms with E-state index in [4.69, 9.17) is 16.3 Å². The lowest BCUT2D eigenvalue weighted by atomic mass is 10.0. The minimum Gasteiger partial charge on any atom is -0.380 e. The molecule has 0 amide bonds. The summed E-state index contributed by atoms with van der Waals surface area (Å²) in [5.74, 6) is 0.773. The summed E-state index contributed by atoms with van der Waals surface area (Å²) in [7, 11) is 0. The smallest absolute Gasteiger partial charge is 0.0616 e. The van der Waals surface area contributed by atoms with Gasteiger partial charge < -0.3 is 10.1 Å². The lowest BCUT2D eigenvalue weighted by Gasteiger charge is -2.23. The average molecular weight is 268 g/mol. The molecule has 3 heteroatoms.